The number of alkyl halides is 3. The summed E-state index contributed by atoms with van der Waals surface area (Å²) in [5.41, 5.74) is 5.89. The Labute approximate surface area is 151 Å². The number of carbonyl (C=O) groups is 1. The lowest BCUT2D eigenvalue weighted by Gasteiger charge is -2.07. The van der Waals surface area contributed by atoms with Crippen molar-refractivity contribution < 1.29 is 18.0 Å². The molecule has 0 unspecified atom stereocenters. The summed E-state index contributed by atoms with van der Waals surface area (Å²) >= 11 is 0. The first-order chi connectivity index (χ1) is 12.8. The molecule has 0 spiro atoms. The number of hydrogen-bond acceptors (Lipinski definition) is 5. The number of aryl methyl sites for hydroxylation is 1. The Bertz CT molecular complexity index is 944. The van der Waals surface area contributed by atoms with E-state index in [9.17, 15) is 18.0 Å². The largest absolute Gasteiger partial charge is 0.435 e. The van der Waals surface area contributed by atoms with Crippen LogP contribution in [0.4, 0.5) is 18.9 Å². The molecule has 0 atom stereocenters. The molecule has 0 fully saturated rings. The molecule has 3 rings (SSSR count). The standard InChI is InChI=1S/C16H16F3N7O/c1-9-6-12(16(17,18)19)25-26(9)8-14(27)21-11-4-2-10(3-5-11)15-22-13(7-20)23-24-15/h2-6H,7-8,20H2,1H3,(H,21,27)(H,22,23,24). The van der Waals surface area contributed by atoms with E-state index in [4.69, 9.17) is 5.73 Å². The zero-order chi connectivity index (χ0) is 19.6. The first kappa shape index (κ1) is 18.6. The number of benzene rings is 1. The number of amides is 1. The van der Waals surface area contributed by atoms with Crippen molar-refractivity contribution in [3.05, 3.63) is 47.5 Å². The van der Waals surface area contributed by atoms with E-state index in [1.165, 1.54) is 6.92 Å². The number of nitrogens with two attached hydrogens (primary N) is 1. The molecule has 1 aromatic carbocycles. The Hall–Kier alpha value is -3.21. The summed E-state index contributed by atoms with van der Waals surface area (Å²) in [6.45, 7) is 1.37. The number of carbonyl (C=O) groups excluding carboxylic acids is 1. The minimum absolute atomic E-state index is 0.240. The van der Waals surface area contributed by atoms with E-state index < -0.39 is 17.8 Å². The van der Waals surface area contributed by atoms with Crippen molar-refractivity contribution >= 4 is 11.6 Å². The molecule has 11 heteroatoms. The first-order valence-electron chi connectivity index (χ1n) is 7.89. The highest BCUT2D eigenvalue weighted by molar-refractivity contribution is 5.90. The summed E-state index contributed by atoms with van der Waals surface area (Å²) in [6, 6.07) is 7.60. The second-order valence-electron chi connectivity index (χ2n) is 5.76. The molecule has 0 bridgehead atoms. The Balaban J connectivity index is 1.65. The maximum absolute atomic E-state index is 12.7. The Morgan fingerprint density at radius 3 is 2.56 bits per heavy atom. The minimum Gasteiger partial charge on any atom is -0.324 e. The molecule has 0 saturated carbocycles. The van der Waals surface area contributed by atoms with E-state index in [1.807, 2.05) is 0 Å². The van der Waals surface area contributed by atoms with Crippen molar-refractivity contribution in [2.45, 2.75) is 26.2 Å². The van der Waals surface area contributed by atoms with Crippen molar-refractivity contribution in [3.8, 4) is 11.4 Å². The molecule has 27 heavy (non-hydrogen) atoms. The van der Waals surface area contributed by atoms with Crippen LogP contribution in [0.5, 0.6) is 0 Å². The lowest BCUT2D eigenvalue weighted by molar-refractivity contribution is -0.141. The minimum atomic E-state index is -4.55. The number of hydrogen-bond donors (Lipinski definition) is 3. The third-order valence-corrected chi connectivity index (χ3v) is 3.72. The van der Waals surface area contributed by atoms with Gasteiger partial charge < -0.3 is 11.1 Å². The summed E-state index contributed by atoms with van der Waals surface area (Å²) in [5, 5.41) is 12.8. The molecule has 2 aromatic heterocycles. The summed E-state index contributed by atoms with van der Waals surface area (Å²) in [7, 11) is 0. The van der Waals surface area contributed by atoms with Gasteiger partial charge >= 0.3 is 6.18 Å². The maximum atomic E-state index is 12.7. The number of aromatic nitrogens is 5. The predicted molar refractivity (Wildman–Crippen MR) is 90.3 cm³/mol. The van der Waals surface area contributed by atoms with Crippen LogP contribution in [0.2, 0.25) is 0 Å². The molecule has 2 heterocycles. The van der Waals surface area contributed by atoms with Crippen molar-refractivity contribution in [2.24, 2.45) is 5.73 Å². The number of aromatic amines is 1. The number of rotatable bonds is 5. The van der Waals surface area contributed by atoms with Gasteiger partial charge in [0.2, 0.25) is 5.91 Å². The molecular formula is C16H16F3N7O. The van der Waals surface area contributed by atoms with E-state index in [-0.39, 0.29) is 18.8 Å². The monoisotopic (exact) mass is 379 g/mol. The molecule has 0 saturated heterocycles. The van der Waals surface area contributed by atoms with E-state index in [1.54, 1.807) is 24.3 Å². The van der Waals surface area contributed by atoms with Gasteiger partial charge in [-0.15, -0.1) is 0 Å². The van der Waals surface area contributed by atoms with Crippen molar-refractivity contribution in [1.82, 2.24) is 25.0 Å². The molecule has 3 aromatic rings. The van der Waals surface area contributed by atoms with Gasteiger partial charge in [0.1, 0.15) is 12.4 Å². The molecule has 142 valence electrons. The molecule has 0 aliphatic rings. The highest BCUT2D eigenvalue weighted by Gasteiger charge is 2.34. The van der Waals surface area contributed by atoms with Crippen LogP contribution < -0.4 is 11.1 Å². The van der Waals surface area contributed by atoms with Crippen molar-refractivity contribution in [2.75, 3.05) is 5.32 Å². The highest BCUT2D eigenvalue weighted by Crippen LogP contribution is 2.28. The van der Waals surface area contributed by atoms with Gasteiger partial charge in [-0.1, -0.05) is 0 Å². The topological polar surface area (TPSA) is 115 Å². The SMILES string of the molecule is Cc1cc(C(F)(F)F)nn1CC(=O)Nc1ccc(-c2n[nH]c(CN)n2)cc1. The van der Waals surface area contributed by atoms with Gasteiger partial charge in [-0.05, 0) is 37.3 Å². The van der Waals surface area contributed by atoms with Gasteiger partial charge in [0.05, 0.1) is 6.54 Å². The summed E-state index contributed by atoms with van der Waals surface area (Å²) in [4.78, 5) is 16.3. The van der Waals surface area contributed by atoms with Gasteiger partial charge in [-0.2, -0.15) is 23.4 Å². The van der Waals surface area contributed by atoms with Crippen LogP contribution in [-0.2, 0) is 24.1 Å². The summed E-state index contributed by atoms with van der Waals surface area (Å²) in [6.07, 6.45) is -4.55. The second-order valence-corrected chi connectivity index (χ2v) is 5.76. The zero-order valence-corrected chi connectivity index (χ0v) is 14.2. The lowest BCUT2D eigenvalue weighted by atomic mass is 10.2. The Morgan fingerprint density at radius 1 is 1.30 bits per heavy atom. The molecule has 0 aliphatic heterocycles. The molecule has 0 radical (unpaired) electrons. The number of nitrogens with one attached hydrogen (secondary N) is 2. The summed E-state index contributed by atoms with van der Waals surface area (Å²) < 4.78 is 39.0. The number of anilines is 1. The molecule has 0 aliphatic carbocycles. The van der Waals surface area contributed by atoms with E-state index in [0.717, 1.165) is 16.3 Å². The number of H-pyrrole nitrogens is 1. The van der Waals surface area contributed by atoms with Crippen LogP contribution in [0.1, 0.15) is 17.2 Å². The predicted octanol–water partition coefficient (Wildman–Crippen LogP) is 2.09. The second kappa shape index (κ2) is 7.19. The van der Waals surface area contributed by atoms with Crippen LogP contribution in [0.25, 0.3) is 11.4 Å². The van der Waals surface area contributed by atoms with Gasteiger partial charge in [0.25, 0.3) is 0 Å². The third kappa shape index (κ3) is 4.31. The highest BCUT2D eigenvalue weighted by atomic mass is 19.4. The van der Waals surface area contributed by atoms with Crippen molar-refractivity contribution in [1.29, 1.82) is 0 Å². The summed E-state index contributed by atoms with van der Waals surface area (Å²) in [5.74, 6) is 0.529. The lowest BCUT2D eigenvalue weighted by Crippen LogP contribution is -2.20. The normalized spacial score (nSPS) is 11.6. The van der Waals surface area contributed by atoms with Crippen LogP contribution in [0.15, 0.2) is 30.3 Å². The van der Waals surface area contributed by atoms with Gasteiger partial charge in [-0.25, -0.2) is 4.98 Å². The average Bonchev–Trinajstić information content (AvgIpc) is 3.22. The van der Waals surface area contributed by atoms with Crippen LogP contribution in [0.3, 0.4) is 0 Å². The molecule has 4 N–H and O–H groups in total. The molecular weight excluding hydrogens is 363 g/mol. The number of halogens is 3. The van der Waals surface area contributed by atoms with Crippen LogP contribution in [-0.4, -0.2) is 30.9 Å². The zero-order valence-electron chi connectivity index (χ0n) is 14.2. The quantitative estimate of drug-likeness (QED) is 0.628. The van der Waals surface area contributed by atoms with Gasteiger partial charge in [-0.3, -0.25) is 14.6 Å². The van der Waals surface area contributed by atoms with Gasteiger partial charge in [0, 0.05) is 16.9 Å². The fraction of sp³-hybridized carbons (Fsp3) is 0.250. The Kier molecular flexibility index (Phi) is 4.95. The number of nitrogens with zero attached hydrogens (tertiary/aromatic N) is 4. The van der Waals surface area contributed by atoms with Crippen molar-refractivity contribution in [3.63, 3.8) is 0 Å². The molecule has 8 nitrogen and oxygen atoms in total. The first-order valence-corrected chi connectivity index (χ1v) is 7.89. The fourth-order valence-electron chi connectivity index (χ4n) is 2.36. The van der Waals surface area contributed by atoms with E-state index >= 15 is 0 Å². The smallest absolute Gasteiger partial charge is 0.324 e. The Morgan fingerprint density at radius 2 is 2.00 bits per heavy atom. The fourth-order valence-corrected chi connectivity index (χ4v) is 2.36. The van der Waals surface area contributed by atoms with Crippen LogP contribution >= 0.6 is 0 Å². The van der Waals surface area contributed by atoms with Gasteiger partial charge in [0.15, 0.2) is 11.5 Å². The maximum Gasteiger partial charge on any atom is 0.435 e. The van der Waals surface area contributed by atoms with Crippen LogP contribution in [0, 0.1) is 6.92 Å². The third-order valence-electron chi connectivity index (χ3n) is 3.72. The average molecular weight is 379 g/mol. The molecule has 1 amide bonds. The van der Waals surface area contributed by atoms with E-state index in [2.05, 4.69) is 25.6 Å². The van der Waals surface area contributed by atoms with E-state index in [0.29, 0.717) is 17.3 Å².